The molecule has 0 fully saturated rings. The molecule has 90 valence electrons. The molecule has 3 rings (SSSR count). The number of halogens is 1. The topological polar surface area (TPSA) is 13.1 Å². The van der Waals surface area contributed by atoms with E-state index >= 15 is 0 Å². The van der Waals surface area contributed by atoms with Crippen LogP contribution in [0.4, 0.5) is 0 Å². The Balaban J connectivity index is 0.000000902. The third kappa shape index (κ3) is 3.72. The van der Waals surface area contributed by atoms with Crippen molar-refractivity contribution >= 4 is 23.1 Å². The van der Waals surface area contributed by atoms with Crippen LogP contribution in [0.15, 0.2) is 71.1 Å². The van der Waals surface area contributed by atoms with Crippen molar-refractivity contribution in [3.8, 4) is 22.6 Å². The molecule has 0 amide bonds. The van der Waals surface area contributed by atoms with Crippen molar-refractivity contribution in [2.24, 2.45) is 0 Å². The summed E-state index contributed by atoms with van der Waals surface area (Å²) in [6, 6.07) is 25.1. The summed E-state index contributed by atoms with van der Waals surface area (Å²) in [4.78, 5) is 0. The Bertz CT molecular complexity index is 551. The first-order chi connectivity index (χ1) is 8.43. The molecule has 2 aromatic carbocycles. The average Bonchev–Trinajstić information content (AvgIpc) is 2.90. The summed E-state index contributed by atoms with van der Waals surface area (Å²) in [6.45, 7) is 0. The monoisotopic (exact) mass is 322 g/mol. The molecule has 19 heavy (non-hydrogen) atoms. The van der Waals surface area contributed by atoms with Crippen molar-refractivity contribution in [2.45, 2.75) is 0 Å². The molecule has 0 radical (unpaired) electrons. The Morgan fingerprint density at radius 3 is 1.84 bits per heavy atom. The number of hydrogen-bond donors (Lipinski definition) is 0. The zero-order valence-corrected chi connectivity index (χ0v) is 13.3. The van der Waals surface area contributed by atoms with Gasteiger partial charge in [-0.15, -0.1) is 24.3 Å². The first-order valence-electron chi connectivity index (χ1n) is 5.56. The van der Waals surface area contributed by atoms with E-state index in [4.69, 9.17) is 4.42 Å². The number of hydrogen-bond acceptors (Lipinski definition) is 1. The Morgan fingerprint density at radius 1 is 0.737 bits per heavy atom. The molecule has 0 aliphatic heterocycles. The standard InChI is InChI=1S/C16H11O.BrH.Mg/c1-3-7-13(8-4-1)15-11-12-16(17-15)14-9-5-2-6-10-14;;/h1-11H;1H;/q-1;;+2/p-1. The number of rotatable bonds is 2. The number of furan rings is 1. The molecule has 3 heteroatoms. The van der Waals surface area contributed by atoms with Gasteiger partial charge in [-0.2, -0.15) is 0 Å². The smallest absolute Gasteiger partial charge is 1.00 e. The molecule has 0 atom stereocenters. The van der Waals surface area contributed by atoms with Gasteiger partial charge in [-0.25, -0.2) is 0 Å². The summed E-state index contributed by atoms with van der Waals surface area (Å²) in [5.41, 5.74) is 2.13. The third-order valence-electron chi connectivity index (χ3n) is 2.64. The summed E-state index contributed by atoms with van der Waals surface area (Å²) in [5.74, 6) is 1.63. The number of benzene rings is 2. The molecule has 1 heterocycles. The fourth-order valence-corrected chi connectivity index (χ4v) is 1.78. The Hall–Kier alpha value is -1.03. The van der Waals surface area contributed by atoms with Crippen LogP contribution in [0.1, 0.15) is 0 Å². The van der Waals surface area contributed by atoms with Crippen LogP contribution >= 0.6 is 0 Å². The average molecular weight is 323 g/mol. The molecular weight excluding hydrogens is 312 g/mol. The molecule has 0 saturated carbocycles. The van der Waals surface area contributed by atoms with E-state index in [9.17, 15) is 0 Å². The minimum atomic E-state index is 0. The van der Waals surface area contributed by atoms with Crippen molar-refractivity contribution in [3.63, 3.8) is 0 Å². The molecule has 0 unspecified atom stereocenters. The van der Waals surface area contributed by atoms with Crippen molar-refractivity contribution < 1.29 is 21.4 Å². The van der Waals surface area contributed by atoms with Crippen molar-refractivity contribution in [3.05, 3.63) is 72.8 Å². The molecule has 0 saturated heterocycles. The van der Waals surface area contributed by atoms with E-state index in [1.165, 1.54) is 0 Å². The van der Waals surface area contributed by atoms with E-state index in [-0.39, 0.29) is 40.0 Å². The first-order valence-corrected chi connectivity index (χ1v) is 5.56. The summed E-state index contributed by atoms with van der Waals surface area (Å²) in [6.07, 6.45) is 0. The van der Waals surface area contributed by atoms with Gasteiger partial charge in [0.15, 0.2) is 0 Å². The van der Waals surface area contributed by atoms with Crippen LogP contribution < -0.4 is 17.0 Å². The van der Waals surface area contributed by atoms with Crippen molar-refractivity contribution in [1.82, 2.24) is 0 Å². The summed E-state index contributed by atoms with van der Waals surface area (Å²) >= 11 is 0. The van der Waals surface area contributed by atoms with E-state index in [1.807, 2.05) is 66.7 Å². The summed E-state index contributed by atoms with van der Waals surface area (Å²) in [7, 11) is 0. The molecule has 3 aromatic rings. The van der Waals surface area contributed by atoms with Gasteiger partial charge in [0, 0.05) is 11.5 Å². The maximum absolute atomic E-state index is 5.80. The van der Waals surface area contributed by atoms with Gasteiger partial charge in [0.1, 0.15) is 0 Å². The Kier molecular flexibility index (Phi) is 6.35. The molecule has 1 aromatic heterocycles. The van der Waals surface area contributed by atoms with Crippen LogP contribution in [0.3, 0.4) is 0 Å². The molecule has 0 aliphatic rings. The molecule has 0 bridgehead atoms. The van der Waals surface area contributed by atoms with Gasteiger partial charge in [-0.1, -0.05) is 54.1 Å². The van der Waals surface area contributed by atoms with E-state index in [0.717, 1.165) is 22.6 Å². The van der Waals surface area contributed by atoms with E-state index < -0.39 is 0 Å². The van der Waals surface area contributed by atoms with Crippen LogP contribution in [-0.4, -0.2) is 23.1 Å². The van der Waals surface area contributed by atoms with Gasteiger partial charge in [-0.3, -0.25) is 0 Å². The molecule has 0 spiro atoms. The third-order valence-corrected chi connectivity index (χ3v) is 2.64. The predicted octanol–water partition coefficient (Wildman–Crippen LogP) is 1.04. The molecular formula is C16H11BrMgO. The maximum Gasteiger partial charge on any atom is 2.00 e. The second-order valence-corrected chi connectivity index (χ2v) is 3.82. The first kappa shape index (κ1) is 16.0. The quantitative estimate of drug-likeness (QED) is 0.507. The van der Waals surface area contributed by atoms with Crippen molar-refractivity contribution in [1.29, 1.82) is 0 Å². The predicted molar refractivity (Wildman–Crippen MR) is 74.2 cm³/mol. The Morgan fingerprint density at radius 2 is 1.26 bits per heavy atom. The molecule has 1 nitrogen and oxygen atoms in total. The molecule has 0 aliphatic carbocycles. The van der Waals surface area contributed by atoms with Gasteiger partial charge in [0.2, 0.25) is 0 Å². The Labute approximate surface area is 139 Å². The SMILES string of the molecule is [Br-].[Mg+2].[c-]1cc(-c2ccccc2)oc1-c1ccccc1. The van der Waals surface area contributed by atoms with Gasteiger partial charge >= 0.3 is 23.1 Å². The van der Waals surface area contributed by atoms with Crippen LogP contribution in [0.25, 0.3) is 22.6 Å². The van der Waals surface area contributed by atoms with E-state index in [1.54, 1.807) is 0 Å². The minimum absolute atomic E-state index is 0. The second kappa shape index (κ2) is 7.53. The largest absolute Gasteiger partial charge is 2.00 e. The van der Waals surface area contributed by atoms with Crippen molar-refractivity contribution in [2.75, 3.05) is 0 Å². The van der Waals surface area contributed by atoms with Gasteiger partial charge in [0.25, 0.3) is 0 Å². The fourth-order valence-electron chi connectivity index (χ4n) is 1.78. The normalized spacial score (nSPS) is 9.26. The zero-order chi connectivity index (χ0) is 11.5. The van der Waals surface area contributed by atoms with E-state index in [0.29, 0.717) is 0 Å². The molecule has 0 N–H and O–H groups in total. The summed E-state index contributed by atoms with van der Waals surface area (Å²) < 4.78 is 5.80. The van der Waals surface area contributed by atoms with Crippen LogP contribution in [0.2, 0.25) is 0 Å². The maximum atomic E-state index is 5.80. The second-order valence-electron chi connectivity index (χ2n) is 3.82. The van der Waals surface area contributed by atoms with Crippen LogP contribution in [-0.2, 0) is 0 Å². The zero-order valence-electron chi connectivity index (χ0n) is 10.3. The van der Waals surface area contributed by atoms with Gasteiger partial charge < -0.3 is 21.4 Å². The van der Waals surface area contributed by atoms with Gasteiger partial charge in [-0.05, 0) is 5.56 Å². The van der Waals surface area contributed by atoms with Gasteiger partial charge in [0.05, 0.1) is 0 Å². The fraction of sp³-hybridized carbons (Fsp3) is 0. The minimum Gasteiger partial charge on any atom is -1.00 e. The van der Waals surface area contributed by atoms with Crippen LogP contribution in [0, 0.1) is 6.07 Å². The van der Waals surface area contributed by atoms with E-state index in [2.05, 4.69) is 6.07 Å². The summed E-state index contributed by atoms with van der Waals surface area (Å²) in [5, 5.41) is 0. The van der Waals surface area contributed by atoms with Crippen LogP contribution in [0.5, 0.6) is 0 Å².